The average molecular weight is 676 g/mol. The molecule has 2 heterocycles. The number of rotatable bonds is 4. The molecule has 246 valence electrons. The van der Waals surface area contributed by atoms with Crippen LogP contribution in [-0.4, -0.2) is 15.0 Å². The van der Waals surface area contributed by atoms with Crippen LogP contribution >= 0.6 is 0 Å². The van der Waals surface area contributed by atoms with Crippen molar-refractivity contribution in [1.82, 2.24) is 15.0 Å². The molecular weight excluding hydrogens is 647 g/mol. The lowest BCUT2D eigenvalue weighted by molar-refractivity contribution is 0.669. The lowest BCUT2D eigenvalue weighted by atomic mass is 9.95. The number of hydrogen-bond acceptors (Lipinski definition) is 4. The largest absolute Gasteiger partial charge is 0.456 e. The van der Waals surface area contributed by atoms with Gasteiger partial charge in [-0.2, -0.15) is 0 Å². The SMILES string of the molecule is c1ccc(-c2nc(-c3ccc4ccc5ccccc5c4c3)nc(-c3cc(-c4ccc5c(ccc6ccccc65)c4)cc4oc5ccccc5c34)n2)cc1. The van der Waals surface area contributed by atoms with Gasteiger partial charge in [-0.3, -0.25) is 0 Å². The zero-order valence-electron chi connectivity index (χ0n) is 28.5. The molecule has 0 bridgehead atoms. The molecule has 0 saturated heterocycles. The molecule has 0 aliphatic heterocycles. The van der Waals surface area contributed by atoms with Gasteiger partial charge < -0.3 is 4.42 Å². The lowest BCUT2D eigenvalue weighted by Gasteiger charge is -2.12. The molecule has 2 aromatic heterocycles. The Kier molecular flexibility index (Phi) is 6.52. The number of nitrogens with zero attached hydrogens (tertiary/aromatic N) is 3. The van der Waals surface area contributed by atoms with E-state index < -0.39 is 0 Å². The van der Waals surface area contributed by atoms with Crippen molar-refractivity contribution in [2.24, 2.45) is 0 Å². The van der Waals surface area contributed by atoms with Crippen molar-refractivity contribution in [1.29, 1.82) is 0 Å². The van der Waals surface area contributed by atoms with Gasteiger partial charge in [0.2, 0.25) is 0 Å². The molecule has 0 atom stereocenters. The van der Waals surface area contributed by atoms with Gasteiger partial charge in [-0.1, -0.05) is 146 Å². The molecular formula is C49H29N3O. The lowest BCUT2D eigenvalue weighted by Crippen LogP contribution is -2.00. The van der Waals surface area contributed by atoms with Crippen molar-refractivity contribution < 1.29 is 4.42 Å². The van der Waals surface area contributed by atoms with Crippen LogP contribution in [0.2, 0.25) is 0 Å². The van der Waals surface area contributed by atoms with E-state index in [2.05, 4.69) is 146 Å². The van der Waals surface area contributed by atoms with Crippen LogP contribution in [0.1, 0.15) is 0 Å². The van der Waals surface area contributed by atoms with Gasteiger partial charge >= 0.3 is 0 Å². The third-order valence-corrected chi connectivity index (χ3v) is 10.5. The molecule has 0 aliphatic carbocycles. The minimum absolute atomic E-state index is 0.594. The first-order valence-electron chi connectivity index (χ1n) is 17.8. The molecule has 9 aromatic carbocycles. The van der Waals surface area contributed by atoms with Gasteiger partial charge in [-0.25, -0.2) is 15.0 Å². The first-order chi connectivity index (χ1) is 26.2. The van der Waals surface area contributed by atoms with E-state index in [0.717, 1.165) is 55.1 Å². The van der Waals surface area contributed by atoms with Crippen molar-refractivity contribution in [3.63, 3.8) is 0 Å². The van der Waals surface area contributed by atoms with E-state index >= 15 is 0 Å². The van der Waals surface area contributed by atoms with Crippen LogP contribution in [0.5, 0.6) is 0 Å². The van der Waals surface area contributed by atoms with E-state index in [1.807, 2.05) is 30.3 Å². The van der Waals surface area contributed by atoms with Crippen LogP contribution in [-0.2, 0) is 0 Å². The molecule has 0 spiro atoms. The summed E-state index contributed by atoms with van der Waals surface area (Å²) in [6.07, 6.45) is 0. The number of benzene rings is 9. The fourth-order valence-corrected chi connectivity index (χ4v) is 7.87. The maximum Gasteiger partial charge on any atom is 0.164 e. The smallest absolute Gasteiger partial charge is 0.164 e. The van der Waals surface area contributed by atoms with E-state index in [1.54, 1.807) is 0 Å². The summed E-state index contributed by atoms with van der Waals surface area (Å²) >= 11 is 0. The van der Waals surface area contributed by atoms with Crippen LogP contribution < -0.4 is 0 Å². The van der Waals surface area contributed by atoms with Gasteiger partial charge in [0.1, 0.15) is 11.2 Å². The first-order valence-corrected chi connectivity index (χ1v) is 17.8. The Bertz CT molecular complexity index is 3240. The highest BCUT2D eigenvalue weighted by Gasteiger charge is 2.20. The highest BCUT2D eigenvalue weighted by molar-refractivity contribution is 6.14. The summed E-state index contributed by atoms with van der Waals surface area (Å²) in [6.45, 7) is 0. The fourth-order valence-electron chi connectivity index (χ4n) is 7.87. The van der Waals surface area contributed by atoms with Crippen molar-refractivity contribution in [3.8, 4) is 45.3 Å². The van der Waals surface area contributed by atoms with Crippen molar-refractivity contribution in [2.45, 2.75) is 0 Å². The van der Waals surface area contributed by atoms with E-state index in [-0.39, 0.29) is 0 Å². The monoisotopic (exact) mass is 675 g/mol. The summed E-state index contributed by atoms with van der Waals surface area (Å²) in [7, 11) is 0. The summed E-state index contributed by atoms with van der Waals surface area (Å²) in [5.74, 6) is 1.83. The second kappa shape index (κ2) is 11.7. The predicted molar refractivity (Wildman–Crippen MR) is 219 cm³/mol. The van der Waals surface area contributed by atoms with Gasteiger partial charge in [0.15, 0.2) is 17.5 Å². The van der Waals surface area contributed by atoms with Crippen LogP contribution in [0.4, 0.5) is 0 Å². The average Bonchev–Trinajstić information content (AvgIpc) is 3.61. The van der Waals surface area contributed by atoms with E-state index in [9.17, 15) is 0 Å². The van der Waals surface area contributed by atoms with E-state index in [4.69, 9.17) is 19.4 Å². The molecule has 0 radical (unpaired) electrons. The topological polar surface area (TPSA) is 51.8 Å². The second-order valence-corrected chi connectivity index (χ2v) is 13.6. The maximum atomic E-state index is 6.57. The quantitative estimate of drug-likeness (QED) is 0.174. The molecule has 4 nitrogen and oxygen atoms in total. The Morgan fingerprint density at radius 1 is 0.302 bits per heavy atom. The molecule has 11 rings (SSSR count). The van der Waals surface area contributed by atoms with Gasteiger partial charge in [-0.05, 0) is 84.5 Å². The van der Waals surface area contributed by atoms with E-state index in [1.165, 1.54) is 37.7 Å². The van der Waals surface area contributed by atoms with Crippen LogP contribution in [0.25, 0.3) is 110 Å². The second-order valence-electron chi connectivity index (χ2n) is 13.6. The number of para-hydroxylation sites is 1. The molecule has 11 aromatic rings. The number of hydrogen-bond donors (Lipinski definition) is 0. The van der Waals surface area contributed by atoms with Crippen molar-refractivity contribution >= 4 is 65.0 Å². The zero-order chi connectivity index (χ0) is 34.9. The number of furan rings is 1. The van der Waals surface area contributed by atoms with Gasteiger partial charge in [0.25, 0.3) is 0 Å². The Labute approximate surface area is 304 Å². The molecule has 0 amide bonds. The molecule has 0 aliphatic rings. The normalized spacial score (nSPS) is 11.8. The minimum Gasteiger partial charge on any atom is -0.456 e. The van der Waals surface area contributed by atoms with E-state index in [0.29, 0.717) is 17.5 Å². The first kappa shape index (κ1) is 29.5. The molecule has 0 saturated carbocycles. The molecule has 0 unspecified atom stereocenters. The van der Waals surface area contributed by atoms with Crippen molar-refractivity contribution in [2.75, 3.05) is 0 Å². The number of aromatic nitrogens is 3. The molecule has 0 N–H and O–H groups in total. The molecule has 0 fully saturated rings. The maximum absolute atomic E-state index is 6.57. The Morgan fingerprint density at radius 3 is 1.66 bits per heavy atom. The third-order valence-electron chi connectivity index (χ3n) is 10.5. The summed E-state index contributed by atoms with van der Waals surface area (Å²) in [6, 6.07) is 61.7. The van der Waals surface area contributed by atoms with Crippen molar-refractivity contribution in [3.05, 3.63) is 176 Å². The van der Waals surface area contributed by atoms with Gasteiger partial charge in [0.05, 0.1) is 0 Å². The fraction of sp³-hybridized carbons (Fsp3) is 0. The van der Waals surface area contributed by atoms with Gasteiger partial charge in [-0.15, -0.1) is 0 Å². The standard InChI is InChI=1S/C49H29N3O/c1-2-12-33(13-3-1)47-50-48(36-23-21-32-19-18-31-11-5-7-15-39(31)42(32)27-36)52-49(51-47)43-28-37(29-45-46(43)41-16-8-9-17-44(41)53-45)34-24-25-40-35(26-34)22-20-30-10-4-6-14-38(30)40/h1-29H. The Balaban J connectivity index is 1.17. The minimum atomic E-state index is 0.594. The summed E-state index contributed by atoms with van der Waals surface area (Å²) in [5, 5.41) is 11.6. The summed E-state index contributed by atoms with van der Waals surface area (Å²) in [5.41, 5.74) is 6.49. The van der Waals surface area contributed by atoms with Crippen LogP contribution in [0, 0.1) is 0 Å². The van der Waals surface area contributed by atoms with Crippen LogP contribution in [0.3, 0.4) is 0 Å². The summed E-state index contributed by atoms with van der Waals surface area (Å²) < 4.78 is 6.57. The van der Waals surface area contributed by atoms with Gasteiger partial charge in [0, 0.05) is 27.5 Å². The zero-order valence-corrected chi connectivity index (χ0v) is 28.5. The molecule has 4 heteroatoms. The highest BCUT2D eigenvalue weighted by atomic mass is 16.3. The Morgan fingerprint density at radius 2 is 0.868 bits per heavy atom. The summed E-state index contributed by atoms with van der Waals surface area (Å²) in [4.78, 5) is 15.6. The molecule has 53 heavy (non-hydrogen) atoms. The Hall–Kier alpha value is -7.17. The third kappa shape index (κ3) is 4.88. The predicted octanol–water partition coefficient (Wildman–Crippen LogP) is 13.1. The highest BCUT2D eigenvalue weighted by Crippen LogP contribution is 2.41. The number of fused-ring (bicyclic) bond motifs is 9. The van der Waals surface area contributed by atoms with Crippen LogP contribution in [0.15, 0.2) is 180 Å².